The Balaban J connectivity index is 1.34. The molecule has 0 bridgehead atoms. The molecule has 1 atom stereocenters. The smallest absolute Gasteiger partial charge is 0.387 e. The van der Waals surface area contributed by atoms with E-state index < -0.39 is 12.5 Å². The number of carbonyl (C=O) groups excluding carboxylic acids is 1. The minimum atomic E-state index is -2.87. The Morgan fingerprint density at radius 1 is 0.972 bits per heavy atom. The largest absolute Gasteiger partial charge is 0.435 e. The fourth-order valence-corrected chi connectivity index (χ4v) is 4.47. The number of aromatic nitrogens is 2. The molecule has 1 saturated carbocycles. The first-order valence-corrected chi connectivity index (χ1v) is 12.0. The van der Waals surface area contributed by atoms with Gasteiger partial charge in [-0.1, -0.05) is 24.3 Å². The van der Waals surface area contributed by atoms with Crippen molar-refractivity contribution in [2.75, 3.05) is 11.9 Å². The van der Waals surface area contributed by atoms with Crippen LogP contribution in [0.4, 0.5) is 20.4 Å². The number of carbonyl (C=O) groups is 1. The second-order valence-corrected chi connectivity index (χ2v) is 9.03. The lowest BCUT2D eigenvalue weighted by atomic mass is 9.81. The zero-order chi connectivity index (χ0) is 25.5. The van der Waals surface area contributed by atoms with E-state index in [9.17, 15) is 23.8 Å². The molecule has 9 heteroatoms. The number of alkyl halides is 2. The molecule has 3 aromatic rings. The topological polar surface area (TPSA) is 105 Å². The van der Waals surface area contributed by atoms with Crippen LogP contribution >= 0.6 is 0 Å². The van der Waals surface area contributed by atoms with Crippen molar-refractivity contribution >= 4 is 17.4 Å². The van der Waals surface area contributed by atoms with Crippen LogP contribution in [0.15, 0.2) is 60.9 Å². The van der Waals surface area contributed by atoms with Gasteiger partial charge in [0.05, 0.1) is 18.6 Å². The molecule has 3 N–H and O–H groups in total. The number of nitrogens with one attached hydrogen (secondary N) is 1. The predicted octanol–water partition coefficient (Wildman–Crippen LogP) is 5.07. The molecule has 0 saturated heterocycles. The van der Waals surface area contributed by atoms with Crippen LogP contribution in [0, 0.1) is 5.92 Å². The molecule has 7 nitrogen and oxygen atoms in total. The molecule has 0 aliphatic heterocycles. The number of ketones is 1. The summed E-state index contributed by atoms with van der Waals surface area (Å²) in [5.74, 6) is 0.167. The quantitative estimate of drug-likeness (QED) is 0.359. The van der Waals surface area contributed by atoms with Crippen LogP contribution in [-0.4, -0.2) is 45.3 Å². The van der Waals surface area contributed by atoms with Crippen molar-refractivity contribution in [3.05, 3.63) is 66.5 Å². The fraction of sp³-hybridized carbons (Fsp3) is 0.370. The van der Waals surface area contributed by atoms with Gasteiger partial charge in [-0.25, -0.2) is 9.97 Å². The van der Waals surface area contributed by atoms with Crippen LogP contribution in [0.3, 0.4) is 0 Å². The Morgan fingerprint density at radius 2 is 1.61 bits per heavy atom. The Bertz CT molecular complexity index is 1120. The van der Waals surface area contributed by atoms with E-state index in [1.807, 2.05) is 12.1 Å². The van der Waals surface area contributed by atoms with E-state index in [2.05, 4.69) is 20.0 Å². The molecule has 1 aliphatic rings. The average Bonchev–Trinajstić information content (AvgIpc) is 2.87. The van der Waals surface area contributed by atoms with E-state index >= 15 is 0 Å². The summed E-state index contributed by atoms with van der Waals surface area (Å²) >= 11 is 0. The highest BCUT2D eigenvalue weighted by atomic mass is 19.3. The number of ether oxygens (including phenoxy) is 1. The summed E-state index contributed by atoms with van der Waals surface area (Å²) in [5.41, 5.74) is 2.96. The van der Waals surface area contributed by atoms with Gasteiger partial charge in [-0.3, -0.25) is 4.79 Å². The summed E-state index contributed by atoms with van der Waals surface area (Å²) in [4.78, 5) is 21.4. The predicted molar refractivity (Wildman–Crippen MR) is 131 cm³/mol. The Labute approximate surface area is 208 Å². The summed E-state index contributed by atoms with van der Waals surface area (Å²) < 4.78 is 29.0. The number of Topliss-reactive ketones (excluding diaryl/α,β-unsaturated/α-hetero) is 1. The lowest BCUT2D eigenvalue weighted by Gasteiger charge is -2.26. The molecular weight excluding hydrogens is 468 g/mol. The van der Waals surface area contributed by atoms with Gasteiger partial charge in [0.25, 0.3) is 0 Å². The van der Waals surface area contributed by atoms with Crippen molar-refractivity contribution in [1.82, 2.24) is 9.97 Å². The van der Waals surface area contributed by atoms with E-state index in [-0.39, 0.29) is 30.2 Å². The Morgan fingerprint density at radius 3 is 2.19 bits per heavy atom. The van der Waals surface area contributed by atoms with E-state index in [0.29, 0.717) is 12.4 Å². The number of aliphatic hydroxyl groups excluding tert-OH is 2. The van der Waals surface area contributed by atoms with Gasteiger partial charge in [0.2, 0.25) is 5.95 Å². The number of nitrogens with zero attached hydrogens (tertiary/aromatic N) is 2. The monoisotopic (exact) mass is 497 g/mol. The zero-order valence-electron chi connectivity index (χ0n) is 19.7. The number of aliphatic hydroxyl groups is 2. The first-order chi connectivity index (χ1) is 17.4. The third kappa shape index (κ3) is 6.83. The molecule has 1 unspecified atom stereocenters. The van der Waals surface area contributed by atoms with Crippen LogP contribution in [0.5, 0.6) is 5.75 Å². The number of halogens is 2. The van der Waals surface area contributed by atoms with Gasteiger partial charge in [0, 0.05) is 30.1 Å². The van der Waals surface area contributed by atoms with Gasteiger partial charge in [-0.2, -0.15) is 8.78 Å². The van der Waals surface area contributed by atoms with Crippen molar-refractivity contribution < 1.29 is 28.5 Å². The second-order valence-electron chi connectivity index (χ2n) is 9.03. The Hall–Kier alpha value is -3.43. The van der Waals surface area contributed by atoms with Crippen LogP contribution in [0.1, 0.15) is 43.6 Å². The highest BCUT2D eigenvalue weighted by molar-refractivity contribution is 5.86. The molecule has 0 amide bonds. The van der Waals surface area contributed by atoms with E-state index in [1.165, 1.54) is 12.1 Å². The van der Waals surface area contributed by atoms with Crippen molar-refractivity contribution in [3.63, 3.8) is 0 Å². The van der Waals surface area contributed by atoms with Crippen molar-refractivity contribution in [2.24, 2.45) is 5.92 Å². The number of anilines is 2. The van der Waals surface area contributed by atoms with Crippen molar-refractivity contribution in [1.29, 1.82) is 0 Å². The molecule has 1 fully saturated rings. The zero-order valence-corrected chi connectivity index (χ0v) is 19.7. The maximum atomic E-state index is 12.8. The normalized spacial score (nSPS) is 18.6. The van der Waals surface area contributed by atoms with Gasteiger partial charge < -0.3 is 20.3 Å². The highest BCUT2D eigenvalue weighted by Gasteiger charge is 2.26. The summed E-state index contributed by atoms with van der Waals surface area (Å²) in [6, 6.07) is 13.4. The highest BCUT2D eigenvalue weighted by Crippen LogP contribution is 2.30. The number of rotatable bonds is 10. The molecule has 2 aromatic carbocycles. The number of benzene rings is 2. The molecule has 190 valence electrons. The molecular formula is C27H29F2N3O4. The first-order valence-electron chi connectivity index (χ1n) is 12.0. The third-order valence-electron chi connectivity index (χ3n) is 6.51. The SMILES string of the molecule is O=C(CC1CCC(O)CC1)C(CO)c1ccc(Nc2ncc(-c3ccc(OC(F)F)cc3)cn2)cc1. The van der Waals surface area contributed by atoms with Crippen LogP contribution in [0.2, 0.25) is 0 Å². The lowest BCUT2D eigenvalue weighted by Crippen LogP contribution is -2.24. The maximum Gasteiger partial charge on any atom is 0.387 e. The first kappa shape index (κ1) is 25.7. The molecule has 0 radical (unpaired) electrons. The van der Waals surface area contributed by atoms with Crippen LogP contribution in [0.25, 0.3) is 11.1 Å². The fourth-order valence-electron chi connectivity index (χ4n) is 4.47. The molecule has 1 aromatic heterocycles. The van der Waals surface area contributed by atoms with E-state index in [1.54, 1.807) is 36.7 Å². The standard InChI is InChI=1S/C27H29F2N3O4/c28-26(29)36-23-11-5-18(6-12-23)20-14-30-27(31-15-20)32-21-7-3-19(4-8-21)24(16-33)25(35)13-17-1-9-22(34)10-2-17/h3-8,11-12,14-15,17,22,24,26,33-34H,1-2,9-10,13,16H2,(H,30,31,32). The van der Waals surface area contributed by atoms with Gasteiger partial charge in [0.15, 0.2) is 0 Å². The third-order valence-corrected chi connectivity index (χ3v) is 6.51. The van der Waals surface area contributed by atoms with E-state index in [0.717, 1.165) is 48.1 Å². The summed E-state index contributed by atoms with van der Waals surface area (Å²) in [6.45, 7) is -3.12. The Kier molecular flexibility index (Phi) is 8.56. The van der Waals surface area contributed by atoms with Gasteiger partial charge in [0.1, 0.15) is 11.5 Å². The second kappa shape index (κ2) is 12.0. The van der Waals surface area contributed by atoms with Crippen LogP contribution < -0.4 is 10.1 Å². The number of hydrogen-bond donors (Lipinski definition) is 3. The number of hydrogen-bond acceptors (Lipinski definition) is 7. The van der Waals surface area contributed by atoms with Gasteiger partial charge in [-0.15, -0.1) is 0 Å². The summed E-state index contributed by atoms with van der Waals surface area (Å²) in [5, 5.41) is 22.6. The maximum absolute atomic E-state index is 12.8. The molecule has 4 rings (SSSR count). The minimum absolute atomic E-state index is 0.0207. The molecule has 36 heavy (non-hydrogen) atoms. The van der Waals surface area contributed by atoms with Crippen molar-refractivity contribution in [2.45, 2.75) is 50.7 Å². The van der Waals surface area contributed by atoms with E-state index in [4.69, 9.17) is 0 Å². The van der Waals surface area contributed by atoms with Gasteiger partial charge >= 0.3 is 6.61 Å². The van der Waals surface area contributed by atoms with Gasteiger partial charge in [-0.05, 0) is 67.0 Å². The minimum Gasteiger partial charge on any atom is -0.435 e. The summed E-state index contributed by atoms with van der Waals surface area (Å²) in [6.07, 6.45) is 6.54. The summed E-state index contributed by atoms with van der Waals surface area (Å²) in [7, 11) is 0. The lowest BCUT2D eigenvalue weighted by molar-refractivity contribution is -0.122. The molecule has 0 spiro atoms. The molecule has 1 heterocycles. The van der Waals surface area contributed by atoms with Crippen molar-refractivity contribution in [3.8, 4) is 16.9 Å². The average molecular weight is 498 g/mol. The van der Waals surface area contributed by atoms with Crippen LogP contribution in [-0.2, 0) is 4.79 Å². The molecule has 1 aliphatic carbocycles.